The lowest BCUT2D eigenvalue weighted by Crippen LogP contribution is -2.39. The molecule has 0 atom stereocenters. The number of halogens is 1. The Morgan fingerprint density at radius 1 is 1.12 bits per heavy atom. The van der Waals surface area contributed by atoms with E-state index >= 15 is 0 Å². The molecule has 0 bridgehead atoms. The van der Waals surface area contributed by atoms with Crippen LogP contribution in [-0.4, -0.2) is 23.7 Å². The first kappa shape index (κ1) is 17.0. The third kappa shape index (κ3) is 2.33. The molecule has 1 aromatic carbocycles. The Bertz CT molecular complexity index is 1280. The number of aromatic nitrogens is 5. The van der Waals surface area contributed by atoms with E-state index < -0.39 is 0 Å². The van der Waals surface area contributed by atoms with Gasteiger partial charge in [-0.3, -0.25) is 13.9 Å². The molecule has 0 aliphatic carbocycles. The van der Waals surface area contributed by atoms with Crippen LogP contribution in [0.4, 0.5) is 0 Å². The predicted molar refractivity (Wildman–Crippen MR) is 104 cm³/mol. The van der Waals surface area contributed by atoms with Crippen molar-refractivity contribution in [2.24, 2.45) is 7.05 Å². The van der Waals surface area contributed by atoms with E-state index in [4.69, 9.17) is 11.6 Å². The first-order valence-electron chi connectivity index (χ1n) is 8.22. The molecule has 0 N–H and O–H groups in total. The van der Waals surface area contributed by atoms with Crippen LogP contribution in [0.1, 0.15) is 13.8 Å². The van der Waals surface area contributed by atoms with Crippen molar-refractivity contribution in [1.29, 1.82) is 0 Å². The number of benzene rings is 1. The van der Waals surface area contributed by atoms with E-state index in [2.05, 4.69) is 9.97 Å². The second kappa shape index (κ2) is 6.07. The summed E-state index contributed by atoms with van der Waals surface area (Å²) in [6, 6.07) is 5.50. The minimum atomic E-state index is -0.340. The standard InChI is InChI=1S/C17H16ClN5O2S/c1-4-22-13-12(16(24)23(5-2)17(22)25)21(3)14(20-13)15-19-10-7-6-9(18)8-11(10)26-15/h6-8H,4-5H2,1-3H3. The van der Waals surface area contributed by atoms with Crippen molar-refractivity contribution in [2.75, 3.05) is 0 Å². The highest BCUT2D eigenvalue weighted by molar-refractivity contribution is 7.21. The van der Waals surface area contributed by atoms with Gasteiger partial charge in [-0.1, -0.05) is 11.6 Å². The Morgan fingerprint density at radius 2 is 1.85 bits per heavy atom. The third-order valence-corrected chi connectivity index (χ3v) is 5.67. The first-order valence-corrected chi connectivity index (χ1v) is 9.42. The number of hydrogen-bond acceptors (Lipinski definition) is 5. The molecule has 9 heteroatoms. The van der Waals surface area contributed by atoms with Gasteiger partial charge in [-0.25, -0.2) is 14.8 Å². The first-order chi connectivity index (χ1) is 12.5. The van der Waals surface area contributed by atoms with E-state index in [0.29, 0.717) is 40.1 Å². The van der Waals surface area contributed by atoms with Gasteiger partial charge in [-0.15, -0.1) is 11.3 Å². The molecule has 7 nitrogen and oxygen atoms in total. The smallest absolute Gasteiger partial charge is 0.319 e. The predicted octanol–water partition coefficient (Wildman–Crippen LogP) is 2.87. The molecule has 0 aliphatic heterocycles. The van der Waals surface area contributed by atoms with Gasteiger partial charge < -0.3 is 4.57 Å². The molecular formula is C17H16ClN5O2S. The molecule has 0 unspecified atom stereocenters. The quantitative estimate of drug-likeness (QED) is 0.540. The molecule has 0 saturated heterocycles. The van der Waals surface area contributed by atoms with Crippen LogP contribution < -0.4 is 11.2 Å². The zero-order valence-electron chi connectivity index (χ0n) is 14.5. The van der Waals surface area contributed by atoms with Crippen molar-refractivity contribution in [2.45, 2.75) is 26.9 Å². The minimum Gasteiger partial charge on any atom is -0.319 e. The molecule has 4 aromatic rings. The number of aryl methyl sites for hydroxylation is 2. The van der Waals surface area contributed by atoms with E-state index in [-0.39, 0.29) is 11.2 Å². The van der Waals surface area contributed by atoms with Crippen LogP contribution in [0.3, 0.4) is 0 Å². The van der Waals surface area contributed by atoms with Crippen molar-refractivity contribution in [1.82, 2.24) is 23.7 Å². The lowest BCUT2D eigenvalue weighted by Gasteiger charge is -2.08. The number of thiazole rings is 1. The van der Waals surface area contributed by atoms with E-state index in [1.54, 1.807) is 24.6 Å². The topological polar surface area (TPSA) is 74.7 Å². The average Bonchev–Trinajstić information content (AvgIpc) is 3.16. The van der Waals surface area contributed by atoms with Crippen molar-refractivity contribution < 1.29 is 0 Å². The Hall–Kier alpha value is -2.45. The summed E-state index contributed by atoms with van der Waals surface area (Å²) >= 11 is 7.51. The highest BCUT2D eigenvalue weighted by Gasteiger charge is 2.21. The largest absolute Gasteiger partial charge is 0.332 e. The maximum absolute atomic E-state index is 12.8. The third-order valence-electron chi connectivity index (χ3n) is 4.42. The summed E-state index contributed by atoms with van der Waals surface area (Å²) in [5, 5.41) is 1.32. The Morgan fingerprint density at radius 3 is 2.54 bits per heavy atom. The summed E-state index contributed by atoms with van der Waals surface area (Å²) in [4.78, 5) is 34.5. The highest BCUT2D eigenvalue weighted by atomic mass is 35.5. The zero-order valence-corrected chi connectivity index (χ0v) is 16.1. The maximum Gasteiger partial charge on any atom is 0.332 e. The van der Waals surface area contributed by atoms with Crippen LogP contribution in [0.2, 0.25) is 5.02 Å². The summed E-state index contributed by atoms with van der Waals surface area (Å²) in [7, 11) is 1.77. The van der Waals surface area contributed by atoms with E-state index in [9.17, 15) is 9.59 Å². The number of imidazole rings is 1. The molecule has 0 amide bonds. The number of nitrogens with zero attached hydrogens (tertiary/aromatic N) is 5. The Kier molecular flexibility index (Phi) is 3.96. The second-order valence-electron chi connectivity index (χ2n) is 5.87. The molecule has 3 heterocycles. The average molecular weight is 390 g/mol. The fraction of sp³-hybridized carbons (Fsp3) is 0.294. The molecule has 0 saturated carbocycles. The SMILES string of the molecule is CCn1c(=O)c2c(nc(-c3nc4ccc(Cl)cc4s3)n2C)n(CC)c1=O. The Balaban J connectivity index is 2.08. The summed E-state index contributed by atoms with van der Waals surface area (Å²) in [5.41, 5.74) is 0.943. The molecule has 0 aliphatic rings. The van der Waals surface area contributed by atoms with Crippen LogP contribution in [0, 0.1) is 0 Å². The van der Waals surface area contributed by atoms with Crippen LogP contribution in [0.25, 0.3) is 32.2 Å². The minimum absolute atomic E-state index is 0.313. The van der Waals surface area contributed by atoms with Crippen LogP contribution in [0.15, 0.2) is 27.8 Å². The fourth-order valence-electron chi connectivity index (χ4n) is 3.11. The molecule has 0 spiro atoms. The Labute approximate surface area is 157 Å². The molecule has 134 valence electrons. The van der Waals surface area contributed by atoms with E-state index in [0.717, 1.165) is 10.2 Å². The van der Waals surface area contributed by atoms with Crippen molar-refractivity contribution in [3.8, 4) is 10.8 Å². The summed E-state index contributed by atoms with van der Waals surface area (Å²) < 4.78 is 5.41. The highest BCUT2D eigenvalue weighted by Crippen LogP contribution is 2.32. The van der Waals surface area contributed by atoms with Gasteiger partial charge in [0.15, 0.2) is 22.0 Å². The van der Waals surface area contributed by atoms with Gasteiger partial charge in [-0.05, 0) is 32.0 Å². The lowest BCUT2D eigenvalue weighted by atomic mass is 10.3. The molecule has 4 rings (SSSR count). The fourth-order valence-corrected chi connectivity index (χ4v) is 4.38. The summed E-state index contributed by atoms with van der Waals surface area (Å²) in [6.07, 6.45) is 0. The lowest BCUT2D eigenvalue weighted by molar-refractivity contribution is 0.604. The van der Waals surface area contributed by atoms with Gasteiger partial charge in [0, 0.05) is 25.2 Å². The van der Waals surface area contributed by atoms with Crippen molar-refractivity contribution in [3.63, 3.8) is 0 Å². The number of hydrogen-bond donors (Lipinski definition) is 0. The summed E-state index contributed by atoms with van der Waals surface area (Å²) in [6.45, 7) is 4.39. The molecule has 0 fully saturated rings. The van der Waals surface area contributed by atoms with Crippen LogP contribution in [-0.2, 0) is 20.1 Å². The van der Waals surface area contributed by atoms with Gasteiger partial charge in [-0.2, -0.15) is 0 Å². The maximum atomic E-state index is 12.8. The van der Waals surface area contributed by atoms with Gasteiger partial charge in [0.05, 0.1) is 10.2 Å². The zero-order chi connectivity index (χ0) is 18.6. The van der Waals surface area contributed by atoms with Gasteiger partial charge in [0.2, 0.25) is 0 Å². The second-order valence-corrected chi connectivity index (χ2v) is 7.34. The van der Waals surface area contributed by atoms with Crippen LogP contribution in [0.5, 0.6) is 0 Å². The van der Waals surface area contributed by atoms with Crippen molar-refractivity contribution >= 4 is 44.3 Å². The van der Waals surface area contributed by atoms with Gasteiger partial charge in [0.25, 0.3) is 5.56 Å². The molecular weight excluding hydrogens is 374 g/mol. The molecule has 3 aromatic heterocycles. The number of fused-ring (bicyclic) bond motifs is 2. The molecule has 26 heavy (non-hydrogen) atoms. The number of rotatable bonds is 3. The monoisotopic (exact) mass is 389 g/mol. The van der Waals surface area contributed by atoms with E-state index in [1.807, 2.05) is 19.1 Å². The van der Waals surface area contributed by atoms with Crippen LogP contribution >= 0.6 is 22.9 Å². The molecule has 0 radical (unpaired) electrons. The van der Waals surface area contributed by atoms with Crippen molar-refractivity contribution in [3.05, 3.63) is 44.1 Å². The summed E-state index contributed by atoms with van der Waals surface area (Å²) in [5.74, 6) is 0.560. The normalized spacial score (nSPS) is 11.7. The van der Waals surface area contributed by atoms with E-state index in [1.165, 1.54) is 20.5 Å². The van der Waals surface area contributed by atoms with Gasteiger partial charge >= 0.3 is 5.69 Å². The van der Waals surface area contributed by atoms with Gasteiger partial charge in [0.1, 0.15) is 0 Å².